The number of aryl methyl sites for hydroxylation is 2. The zero-order valence-electron chi connectivity index (χ0n) is 12.1. The first-order valence-corrected chi connectivity index (χ1v) is 8.05. The minimum absolute atomic E-state index is 0.0783. The molecule has 106 valence electrons. The predicted molar refractivity (Wildman–Crippen MR) is 84.7 cm³/mol. The van der Waals surface area contributed by atoms with Crippen LogP contribution in [0.2, 0.25) is 0 Å². The second kappa shape index (κ2) is 5.58. The number of hydrogen-bond donors (Lipinski definition) is 1. The summed E-state index contributed by atoms with van der Waals surface area (Å²) in [4.78, 5) is 1.53. The highest BCUT2D eigenvalue weighted by Gasteiger charge is 2.28. The summed E-state index contributed by atoms with van der Waals surface area (Å²) in [5, 5.41) is 2.20. The van der Waals surface area contributed by atoms with Crippen LogP contribution in [0.15, 0.2) is 29.6 Å². The van der Waals surface area contributed by atoms with Crippen LogP contribution in [0, 0.1) is 6.92 Å². The maximum atomic E-state index is 6.60. The first-order chi connectivity index (χ1) is 9.70. The molecule has 2 unspecified atom stereocenters. The minimum atomic E-state index is 0.0783. The predicted octanol–water partition coefficient (Wildman–Crippen LogP) is 4.19. The largest absolute Gasteiger partial charge is 0.497 e. The van der Waals surface area contributed by atoms with Gasteiger partial charge in [-0.2, -0.15) is 0 Å². The Morgan fingerprint density at radius 1 is 1.35 bits per heavy atom. The van der Waals surface area contributed by atoms with Crippen molar-refractivity contribution in [1.82, 2.24) is 0 Å². The fourth-order valence-corrected chi connectivity index (χ4v) is 4.26. The second-order valence-electron chi connectivity index (χ2n) is 5.55. The Morgan fingerprint density at radius 3 is 2.95 bits per heavy atom. The van der Waals surface area contributed by atoms with E-state index in [1.165, 1.54) is 40.8 Å². The number of nitrogens with two attached hydrogens (primary N) is 1. The van der Waals surface area contributed by atoms with E-state index in [4.69, 9.17) is 10.5 Å². The molecule has 0 saturated carbocycles. The lowest BCUT2D eigenvalue weighted by Gasteiger charge is -2.29. The fraction of sp³-hybridized carbons (Fsp3) is 0.412. The van der Waals surface area contributed by atoms with E-state index in [1.807, 2.05) is 17.4 Å². The molecule has 1 aliphatic rings. The van der Waals surface area contributed by atoms with E-state index < -0.39 is 0 Å². The molecule has 3 heteroatoms. The Balaban J connectivity index is 1.92. The van der Waals surface area contributed by atoms with E-state index in [0.29, 0.717) is 5.92 Å². The van der Waals surface area contributed by atoms with E-state index in [9.17, 15) is 0 Å². The van der Waals surface area contributed by atoms with Crippen LogP contribution in [-0.4, -0.2) is 7.11 Å². The zero-order valence-corrected chi connectivity index (χ0v) is 12.9. The smallest absolute Gasteiger partial charge is 0.119 e. The monoisotopic (exact) mass is 287 g/mol. The van der Waals surface area contributed by atoms with E-state index in [-0.39, 0.29) is 6.04 Å². The standard InChI is InChI=1S/C17H21NOS/c1-11-10-12(19-2)6-7-13(11)17(18)15-4-3-5-16-14(15)8-9-20-16/h6-10,15,17H,3-5,18H2,1-2H3. The van der Waals surface area contributed by atoms with Gasteiger partial charge in [0.15, 0.2) is 0 Å². The lowest BCUT2D eigenvalue weighted by molar-refractivity contribution is 0.413. The first-order valence-electron chi connectivity index (χ1n) is 7.17. The molecule has 2 nitrogen and oxygen atoms in total. The number of rotatable bonds is 3. The molecule has 1 heterocycles. The van der Waals surface area contributed by atoms with Crippen LogP contribution in [0.3, 0.4) is 0 Å². The third-order valence-corrected chi connectivity index (χ3v) is 5.36. The summed E-state index contributed by atoms with van der Waals surface area (Å²) in [6.07, 6.45) is 3.66. The molecular formula is C17H21NOS. The summed E-state index contributed by atoms with van der Waals surface area (Å²) in [5.74, 6) is 1.36. The molecule has 20 heavy (non-hydrogen) atoms. The molecule has 2 N–H and O–H groups in total. The number of benzene rings is 1. The topological polar surface area (TPSA) is 35.2 Å². The summed E-state index contributed by atoms with van der Waals surface area (Å²) in [6, 6.07) is 8.56. The van der Waals surface area contributed by atoms with Crippen molar-refractivity contribution >= 4 is 11.3 Å². The number of hydrogen-bond acceptors (Lipinski definition) is 3. The van der Waals surface area contributed by atoms with Gasteiger partial charge in [0.2, 0.25) is 0 Å². The number of fused-ring (bicyclic) bond motifs is 1. The number of methoxy groups -OCH3 is 1. The molecule has 0 spiro atoms. The van der Waals surface area contributed by atoms with Gasteiger partial charge in [-0.3, -0.25) is 0 Å². The summed E-state index contributed by atoms with van der Waals surface area (Å²) in [6.45, 7) is 2.12. The molecule has 1 aliphatic carbocycles. The van der Waals surface area contributed by atoms with Crippen LogP contribution < -0.4 is 10.5 Å². The van der Waals surface area contributed by atoms with Crippen LogP contribution in [0.1, 0.15) is 46.4 Å². The van der Waals surface area contributed by atoms with Crippen LogP contribution in [0.25, 0.3) is 0 Å². The van der Waals surface area contributed by atoms with Crippen LogP contribution >= 0.6 is 11.3 Å². The molecule has 0 fully saturated rings. The average Bonchev–Trinajstić information content (AvgIpc) is 2.94. The van der Waals surface area contributed by atoms with Gasteiger partial charge in [-0.05, 0) is 66.5 Å². The van der Waals surface area contributed by atoms with Crippen molar-refractivity contribution in [3.63, 3.8) is 0 Å². The molecule has 2 aromatic rings. The Labute approximate surface area is 124 Å². The Bertz CT molecular complexity index is 605. The van der Waals surface area contributed by atoms with Crippen molar-refractivity contribution in [3.8, 4) is 5.75 Å². The first kappa shape index (κ1) is 13.7. The van der Waals surface area contributed by atoms with E-state index in [2.05, 4.69) is 30.5 Å². The number of ether oxygens (including phenoxy) is 1. The molecular weight excluding hydrogens is 266 g/mol. The normalized spacial score (nSPS) is 19.4. The molecule has 0 aliphatic heterocycles. The van der Waals surface area contributed by atoms with Gasteiger partial charge in [0.1, 0.15) is 5.75 Å². The second-order valence-corrected chi connectivity index (χ2v) is 6.55. The van der Waals surface area contributed by atoms with E-state index >= 15 is 0 Å². The van der Waals surface area contributed by atoms with Crippen molar-refractivity contribution in [2.24, 2.45) is 5.73 Å². The summed E-state index contributed by atoms with van der Waals surface area (Å²) in [7, 11) is 1.70. The third kappa shape index (κ3) is 2.36. The SMILES string of the molecule is COc1ccc(C(N)C2CCCc3sccc32)c(C)c1. The highest BCUT2D eigenvalue weighted by Crippen LogP contribution is 2.42. The van der Waals surface area contributed by atoms with Gasteiger partial charge in [-0.15, -0.1) is 11.3 Å². The van der Waals surface area contributed by atoms with Gasteiger partial charge in [-0.25, -0.2) is 0 Å². The molecule has 3 rings (SSSR count). The zero-order chi connectivity index (χ0) is 14.1. The highest BCUT2D eigenvalue weighted by atomic mass is 32.1. The molecule has 1 aromatic carbocycles. The Hall–Kier alpha value is -1.32. The van der Waals surface area contributed by atoms with E-state index in [1.54, 1.807) is 7.11 Å². The Kier molecular flexibility index (Phi) is 3.81. The van der Waals surface area contributed by atoms with Crippen molar-refractivity contribution in [2.45, 2.75) is 38.1 Å². The fourth-order valence-electron chi connectivity index (χ4n) is 3.26. The van der Waals surface area contributed by atoms with Gasteiger partial charge in [0.25, 0.3) is 0 Å². The minimum Gasteiger partial charge on any atom is -0.497 e. The van der Waals surface area contributed by atoms with E-state index in [0.717, 1.165) is 5.75 Å². The average molecular weight is 287 g/mol. The van der Waals surface area contributed by atoms with Crippen molar-refractivity contribution < 1.29 is 4.74 Å². The maximum absolute atomic E-state index is 6.60. The van der Waals surface area contributed by atoms with Crippen molar-refractivity contribution in [2.75, 3.05) is 7.11 Å². The quantitative estimate of drug-likeness (QED) is 0.919. The van der Waals surface area contributed by atoms with Gasteiger partial charge in [-0.1, -0.05) is 6.07 Å². The van der Waals surface area contributed by atoms with Gasteiger partial charge >= 0.3 is 0 Å². The summed E-state index contributed by atoms with van der Waals surface area (Å²) < 4.78 is 5.28. The molecule has 0 bridgehead atoms. The summed E-state index contributed by atoms with van der Waals surface area (Å²) in [5.41, 5.74) is 10.5. The van der Waals surface area contributed by atoms with Gasteiger partial charge in [0.05, 0.1) is 7.11 Å². The van der Waals surface area contributed by atoms with Crippen LogP contribution in [0.5, 0.6) is 5.75 Å². The number of thiophene rings is 1. The lowest BCUT2D eigenvalue weighted by atomic mass is 9.79. The lowest BCUT2D eigenvalue weighted by Crippen LogP contribution is -2.23. The highest BCUT2D eigenvalue weighted by molar-refractivity contribution is 7.10. The molecule has 2 atom stereocenters. The molecule has 1 aromatic heterocycles. The van der Waals surface area contributed by atoms with Crippen LogP contribution in [-0.2, 0) is 6.42 Å². The molecule has 0 saturated heterocycles. The molecule has 0 amide bonds. The van der Waals surface area contributed by atoms with Crippen molar-refractivity contribution in [3.05, 3.63) is 51.2 Å². The van der Waals surface area contributed by atoms with Gasteiger partial charge in [0, 0.05) is 16.8 Å². The summed E-state index contributed by atoms with van der Waals surface area (Å²) >= 11 is 1.88. The maximum Gasteiger partial charge on any atom is 0.119 e. The third-order valence-electron chi connectivity index (χ3n) is 4.37. The van der Waals surface area contributed by atoms with Crippen molar-refractivity contribution in [1.29, 1.82) is 0 Å². The molecule has 0 radical (unpaired) electrons. The Morgan fingerprint density at radius 2 is 2.20 bits per heavy atom. The van der Waals surface area contributed by atoms with Crippen LogP contribution in [0.4, 0.5) is 0 Å². The van der Waals surface area contributed by atoms with Gasteiger partial charge < -0.3 is 10.5 Å².